The normalized spacial score (nSPS) is 14.0. The first-order chi connectivity index (χ1) is 11.3. The average Bonchev–Trinajstić information content (AvgIpc) is 3.07. The van der Waals surface area contributed by atoms with Gasteiger partial charge in [-0.3, -0.25) is 4.79 Å². The molecule has 116 valence electrons. The monoisotopic (exact) mass is 341 g/mol. The number of carbonyl (C=O) groups is 1. The van der Waals surface area contributed by atoms with Gasteiger partial charge in [0.05, 0.1) is 11.9 Å². The van der Waals surface area contributed by atoms with Gasteiger partial charge in [0, 0.05) is 28.7 Å². The van der Waals surface area contributed by atoms with Crippen LogP contribution in [0.1, 0.15) is 10.4 Å². The largest absolute Gasteiger partial charge is 0.337 e. The van der Waals surface area contributed by atoms with Gasteiger partial charge in [-0.25, -0.2) is 0 Å². The Morgan fingerprint density at radius 1 is 1.30 bits per heavy atom. The van der Waals surface area contributed by atoms with E-state index in [1.165, 1.54) is 22.2 Å². The minimum Gasteiger partial charge on any atom is -0.337 e. The lowest BCUT2D eigenvalue weighted by atomic mass is 10.1. The van der Waals surface area contributed by atoms with Crippen molar-refractivity contribution >= 4 is 39.8 Å². The van der Waals surface area contributed by atoms with Crippen molar-refractivity contribution in [3.8, 4) is 0 Å². The van der Waals surface area contributed by atoms with Crippen molar-refractivity contribution in [2.24, 2.45) is 0 Å². The highest BCUT2D eigenvalue weighted by molar-refractivity contribution is 8.00. The van der Waals surface area contributed by atoms with Crippen LogP contribution in [0.3, 0.4) is 0 Å². The summed E-state index contributed by atoms with van der Waals surface area (Å²) in [6, 6.07) is 10.1. The highest BCUT2D eigenvalue weighted by Crippen LogP contribution is 2.27. The Balaban J connectivity index is 1.45. The number of hydrogen-bond acceptors (Lipinski definition) is 5. The van der Waals surface area contributed by atoms with E-state index in [9.17, 15) is 4.79 Å². The molecule has 0 radical (unpaired) electrons. The van der Waals surface area contributed by atoms with Gasteiger partial charge in [0.2, 0.25) is 5.91 Å². The zero-order chi connectivity index (χ0) is 15.6. The molecule has 6 heteroatoms. The summed E-state index contributed by atoms with van der Waals surface area (Å²) in [4.78, 5) is 15.9. The molecule has 1 aromatic carbocycles. The van der Waals surface area contributed by atoms with Crippen molar-refractivity contribution < 1.29 is 4.79 Å². The number of thiophene rings is 1. The Hall–Kier alpha value is -1.92. The van der Waals surface area contributed by atoms with Crippen LogP contribution in [-0.2, 0) is 17.8 Å². The van der Waals surface area contributed by atoms with E-state index in [-0.39, 0.29) is 5.91 Å². The molecule has 0 saturated carbocycles. The molecular weight excluding hydrogens is 326 g/mol. The first-order valence-electron chi connectivity index (χ1n) is 7.47. The summed E-state index contributed by atoms with van der Waals surface area (Å²) in [7, 11) is 0. The van der Waals surface area contributed by atoms with E-state index in [4.69, 9.17) is 0 Å². The zero-order valence-electron chi connectivity index (χ0n) is 12.4. The molecule has 0 saturated heterocycles. The Morgan fingerprint density at radius 2 is 2.22 bits per heavy atom. The van der Waals surface area contributed by atoms with E-state index in [0.29, 0.717) is 5.75 Å². The van der Waals surface area contributed by atoms with E-state index in [2.05, 4.69) is 21.6 Å². The number of thioether (sulfide) groups is 1. The van der Waals surface area contributed by atoms with Gasteiger partial charge in [0.1, 0.15) is 5.03 Å². The molecule has 3 aromatic rings. The first kappa shape index (κ1) is 14.7. The van der Waals surface area contributed by atoms with Gasteiger partial charge in [0.25, 0.3) is 0 Å². The molecule has 0 fully saturated rings. The lowest BCUT2D eigenvalue weighted by Crippen LogP contribution is -2.36. The molecule has 1 aliphatic rings. The molecule has 2 aromatic heterocycles. The summed E-state index contributed by atoms with van der Waals surface area (Å²) in [5.74, 6) is 0.573. The van der Waals surface area contributed by atoms with Gasteiger partial charge in [-0.1, -0.05) is 36.0 Å². The standard InChI is InChI=1S/C17H15N3OS2/c21-16(20-7-5-15-13(10-20)6-8-22-15)11-23-17-14-4-2-1-3-12(14)9-18-19-17/h1-4,6,8-9H,5,7,10-11H2. The molecule has 4 rings (SSSR count). The molecular formula is C17H15N3OS2. The number of hydrogen-bond donors (Lipinski definition) is 0. The van der Waals surface area contributed by atoms with Gasteiger partial charge >= 0.3 is 0 Å². The number of fused-ring (bicyclic) bond motifs is 2. The summed E-state index contributed by atoms with van der Waals surface area (Å²) in [5, 5.41) is 13.3. The summed E-state index contributed by atoms with van der Waals surface area (Å²) in [5.41, 5.74) is 1.30. The van der Waals surface area contributed by atoms with Crippen LogP contribution < -0.4 is 0 Å². The number of benzene rings is 1. The third-order valence-corrected chi connectivity index (χ3v) is 6.02. The molecule has 0 spiro atoms. The molecule has 3 heterocycles. The van der Waals surface area contributed by atoms with Crippen molar-refractivity contribution in [1.29, 1.82) is 0 Å². The fourth-order valence-electron chi connectivity index (χ4n) is 2.79. The fourth-order valence-corrected chi connectivity index (χ4v) is 4.57. The van der Waals surface area contributed by atoms with E-state index in [1.807, 2.05) is 29.2 Å². The molecule has 1 amide bonds. The molecule has 0 N–H and O–H groups in total. The molecule has 0 aliphatic carbocycles. The summed E-state index contributed by atoms with van der Waals surface area (Å²) in [6.45, 7) is 1.55. The fraction of sp³-hybridized carbons (Fsp3) is 0.235. The summed E-state index contributed by atoms with van der Waals surface area (Å²) < 4.78 is 0. The second kappa shape index (κ2) is 6.29. The SMILES string of the molecule is O=C(CSc1nncc2ccccc12)N1CCc2sccc2C1. The number of rotatable bonds is 3. The number of amides is 1. The van der Waals surface area contributed by atoms with Gasteiger partial charge < -0.3 is 4.90 Å². The molecule has 1 aliphatic heterocycles. The Kier molecular flexibility index (Phi) is 4.01. The van der Waals surface area contributed by atoms with Crippen molar-refractivity contribution in [2.45, 2.75) is 18.0 Å². The Labute approximate surface area is 142 Å². The molecule has 0 atom stereocenters. The van der Waals surface area contributed by atoms with Gasteiger partial charge in [0.15, 0.2) is 0 Å². The van der Waals surface area contributed by atoms with E-state index in [1.54, 1.807) is 17.5 Å². The maximum Gasteiger partial charge on any atom is 0.233 e. The molecule has 23 heavy (non-hydrogen) atoms. The molecule has 0 unspecified atom stereocenters. The first-order valence-corrected chi connectivity index (χ1v) is 9.34. The zero-order valence-corrected chi connectivity index (χ0v) is 14.1. The molecule has 0 bridgehead atoms. The highest BCUT2D eigenvalue weighted by Gasteiger charge is 2.21. The predicted molar refractivity (Wildman–Crippen MR) is 93.7 cm³/mol. The predicted octanol–water partition coefficient (Wildman–Crippen LogP) is 3.37. The quantitative estimate of drug-likeness (QED) is 0.685. The third kappa shape index (κ3) is 2.96. The van der Waals surface area contributed by atoms with Crippen LogP contribution >= 0.6 is 23.1 Å². The summed E-state index contributed by atoms with van der Waals surface area (Å²) in [6.07, 6.45) is 2.72. The van der Waals surface area contributed by atoms with Crippen LogP contribution in [0, 0.1) is 0 Å². The van der Waals surface area contributed by atoms with Gasteiger partial charge in [-0.15, -0.1) is 16.4 Å². The minimum atomic E-state index is 0.168. The van der Waals surface area contributed by atoms with Crippen LogP contribution in [-0.4, -0.2) is 33.3 Å². The van der Waals surface area contributed by atoms with E-state index < -0.39 is 0 Å². The second-order valence-electron chi connectivity index (χ2n) is 5.46. The third-order valence-electron chi connectivity index (χ3n) is 4.03. The van der Waals surface area contributed by atoms with Gasteiger partial charge in [-0.05, 0) is 23.4 Å². The lowest BCUT2D eigenvalue weighted by molar-refractivity contribution is -0.129. The van der Waals surface area contributed by atoms with Crippen molar-refractivity contribution in [3.05, 3.63) is 52.3 Å². The Morgan fingerprint density at radius 3 is 3.17 bits per heavy atom. The van der Waals surface area contributed by atoms with E-state index >= 15 is 0 Å². The van der Waals surface area contributed by atoms with Crippen LogP contribution in [0.4, 0.5) is 0 Å². The highest BCUT2D eigenvalue weighted by atomic mass is 32.2. The van der Waals surface area contributed by atoms with Crippen LogP contribution in [0.25, 0.3) is 10.8 Å². The topological polar surface area (TPSA) is 46.1 Å². The minimum absolute atomic E-state index is 0.168. The van der Waals surface area contributed by atoms with Crippen molar-refractivity contribution in [2.75, 3.05) is 12.3 Å². The maximum absolute atomic E-state index is 12.5. The van der Waals surface area contributed by atoms with Crippen LogP contribution in [0.2, 0.25) is 0 Å². The number of carbonyl (C=O) groups excluding carboxylic acids is 1. The van der Waals surface area contributed by atoms with Gasteiger partial charge in [-0.2, -0.15) is 5.10 Å². The number of aromatic nitrogens is 2. The molecule has 4 nitrogen and oxygen atoms in total. The van der Waals surface area contributed by atoms with E-state index in [0.717, 1.165) is 35.3 Å². The average molecular weight is 341 g/mol. The van der Waals surface area contributed by atoms with Crippen molar-refractivity contribution in [1.82, 2.24) is 15.1 Å². The smallest absolute Gasteiger partial charge is 0.233 e. The number of nitrogens with zero attached hydrogens (tertiary/aromatic N) is 3. The summed E-state index contributed by atoms with van der Waals surface area (Å²) >= 11 is 3.26. The van der Waals surface area contributed by atoms with Crippen LogP contribution in [0.15, 0.2) is 46.9 Å². The van der Waals surface area contributed by atoms with Crippen LogP contribution in [0.5, 0.6) is 0 Å². The Bertz CT molecular complexity index is 856. The van der Waals surface area contributed by atoms with Crippen molar-refractivity contribution in [3.63, 3.8) is 0 Å². The lowest BCUT2D eigenvalue weighted by Gasteiger charge is -2.26. The maximum atomic E-state index is 12.5. The second-order valence-corrected chi connectivity index (χ2v) is 7.42.